The van der Waals surface area contributed by atoms with Gasteiger partial charge >= 0.3 is 0 Å². The van der Waals surface area contributed by atoms with Crippen molar-refractivity contribution >= 4 is 6.08 Å². The second kappa shape index (κ2) is 9.51. The highest BCUT2D eigenvalue weighted by atomic mass is 14.0. The van der Waals surface area contributed by atoms with Crippen LogP contribution in [0.5, 0.6) is 0 Å². The summed E-state index contributed by atoms with van der Waals surface area (Å²) in [6.45, 7) is 18.2. The van der Waals surface area contributed by atoms with Crippen LogP contribution in [0.1, 0.15) is 49.9 Å². The van der Waals surface area contributed by atoms with Crippen LogP contribution in [0.25, 0.3) is 6.08 Å². The highest BCUT2D eigenvalue weighted by Crippen LogP contribution is 2.17. The van der Waals surface area contributed by atoms with Crippen LogP contribution in [-0.4, -0.2) is 0 Å². The van der Waals surface area contributed by atoms with E-state index in [2.05, 4.69) is 39.5 Å². The van der Waals surface area contributed by atoms with E-state index in [0.717, 1.165) is 0 Å². The van der Waals surface area contributed by atoms with Gasteiger partial charge in [-0.2, -0.15) is 0 Å². The molecular weight excluding hydrogens is 180 g/mol. The van der Waals surface area contributed by atoms with Gasteiger partial charge in [0.2, 0.25) is 0 Å². The molecule has 0 N–H and O–H groups in total. The average Bonchev–Trinajstić information content (AvgIpc) is 2.30. The van der Waals surface area contributed by atoms with E-state index in [-0.39, 0.29) is 0 Å². The zero-order valence-electron chi connectivity index (χ0n) is 11.4. The zero-order chi connectivity index (χ0) is 12.4. The van der Waals surface area contributed by atoms with E-state index in [4.69, 9.17) is 0 Å². The van der Waals surface area contributed by atoms with Crippen LogP contribution in [-0.2, 0) is 0 Å². The molecule has 0 amide bonds. The van der Waals surface area contributed by atoms with Gasteiger partial charge in [0.05, 0.1) is 0 Å². The van der Waals surface area contributed by atoms with Gasteiger partial charge in [-0.25, -0.2) is 0 Å². The Kier molecular flexibility index (Phi) is 10.4. The topological polar surface area (TPSA) is 0 Å². The van der Waals surface area contributed by atoms with Crippen LogP contribution in [0, 0.1) is 20.8 Å². The lowest BCUT2D eigenvalue weighted by molar-refractivity contribution is 1.28. The molecule has 0 aliphatic rings. The van der Waals surface area contributed by atoms with E-state index in [9.17, 15) is 0 Å². The van der Waals surface area contributed by atoms with E-state index < -0.39 is 0 Å². The molecule has 0 aliphatic carbocycles. The predicted octanol–water partition coefficient (Wildman–Crippen LogP) is 5.31. The van der Waals surface area contributed by atoms with Crippen LogP contribution in [0.15, 0.2) is 18.7 Å². The Bertz CT molecular complexity index is 282. The molecule has 0 bridgehead atoms. The summed E-state index contributed by atoms with van der Waals surface area (Å²) in [6, 6.07) is 4.29. The first-order valence-corrected chi connectivity index (χ1v) is 5.86. The lowest BCUT2D eigenvalue weighted by Gasteiger charge is -2.07. The summed E-state index contributed by atoms with van der Waals surface area (Å²) < 4.78 is 0. The van der Waals surface area contributed by atoms with E-state index >= 15 is 0 Å². The zero-order valence-corrected chi connectivity index (χ0v) is 11.4. The Morgan fingerprint density at radius 3 is 1.60 bits per heavy atom. The number of aryl methyl sites for hydroxylation is 2. The van der Waals surface area contributed by atoms with Crippen molar-refractivity contribution in [3.05, 3.63) is 41.0 Å². The number of hydrogen-bond donors (Lipinski definition) is 0. The fourth-order valence-electron chi connectivity index (χ4n) is 1.29. The first-order chi connectivity index (χ1) is 7.16. The molecule has 0 atom stereocenters. The van der Waals surface area contributed by atoms with Crippen molar-refractivity contribution < 1.29 is 0 Å². The summed E-state index contributed by atoms with van der Waals surface area (Å²) in [6.07, 6.45) is 1.93. The van der Waals surface area contributed by atoms with Crippen molar-refractivity contribution in [2.45, 2.75) is 48.5 Å². The third kappa shape index (κ3) is 4.83. The molecule has 1 aromatic rings. The maximum absolute atomic E-state index is 3.79. The van der Waals surface area contributed by atoms with Crippen molar-refractivity contribution in [2.75, 3.05) is 0 Å². The molecule has 0 aliphatic heterocycles. The van der Waals surface area contributed by atoms with E-state index in [1.807, 2.05) is 33.8 Å². The van der Waals surface area contributed by atoms with E-state index in [1.54, 1.807) is 0 Å². The summed E-state index contributed by atoms with van der Waals surface area (Å²) >= 11 is 0. The van der Waals surface area contributed by atoms with Gasteiger partial charge in [-0.1, -0.05) is 52.5 Å². The van der Waals surface area contributed by atoms with Crippen LogP contribution in [0.4, 0.5) is 0 Å². The van der Waals surface area contributed by atoms with Crippen LogP contribution >= 0.6 is 0 Å². The third-order valence-electron chi connectivity index (χ3n) is 2.21. The van der Waals surface area contributed by atoms with Gasteiger partial charge in [0.15, 0.2) is 0 Å². The minimum Gasteiger partial charge on any atom is -0.0985 e. The first kappa shape index (κ1) is 16.4. The third-order valence-corrected chi connectivity index (χ3v) is 2.21. The molecule has 1 aromatic carbocycles. The highest BCUT2D eigenvalue weighted by molar-refractivity contribution is 5.57. The van der Waals surface area contributed by atoms with E-state index in [1.165, 1.54) is 22.3 Å². The lowest BCUT2D eigenvalue weighted by atomic mass is 9.99. The standard InChI is InChI=1S/C11H14.2C2H6/c1-5-11-9(3)7-6-8(2)10(11)4;2*1-2/h5-7H,1H2,2-4H3;2*1-2H3. The van der Waals surface area contributed by atoms with Gasteiger partial charge in [0, 0.05) is 0 Å². The van der Waals surface area contributed by atoms with Gasteiger partial charge in [-0.3, -0.25) is 0 Å². The average molecular weight is 206 g/mol. The van der Waals surface area contributed by atoms with Crippen molar-refractivity contribution in [1.82, 2.24) is 0 Å². The molecule has 0 radical (unpaired) electrons. The van der Waals surface area contributed by atoms with Crippen molar-refractivity contribution in [3.63, 3.8) is 0 Å². The molecule has 0 unspecified atom stereocenters. The Hall–Kier alpha value is -1.04. The van der Waals surface area contributed by atoms with Gasteiger partial charge in [-0.15, -0.1) is 0 Å². The fraction of sp³-hybridized carbons (Fsp3) is 0.467. The lowest BCUT2D eigenvalue weighted by Crippen LogP contribution is -1.88. The Labute approximate surface area is 96.0 Å². The molecule has 0 nitrogen and oxygen atoms in total. The minimum atomic E-state index is 1.28. The largest absolute Gasteiger partial charge is 0.0985 e. The number of rotatable bonds is 1. The summed E-state index contributed by atoms with van der Waals surface area (Å²) in [5.41, 5.74) is 5.28. The fourth-order valence-corrected chi connectivity index (χ4v) is 1.29. The maximum Gasteiger partial charge on any atom is -0.0201 e. The Morgan fingerprint density at radius 1 is 0.867 bits per heavy atom. The molecule has 0 saturated carbocycles. The summed E-state index contributed by atoms with van der Waals surface area (Å²) in [7, 11) is 0. The molecule has 0 fully saturated rings. The van der Waals surface area contributed by atoms with Crippen LogP contribution < -0.4 is 0 Å². The molecule has 0 aromatic heterocycles. The maximum atomic E-state index is 3.79. The number of benzene rings is 1. The van der Waals surface area contributed by atoms with Gasteiger partial charge < -0.3 is 0 Å². The second-order valence-corrected chi connectivity index (χ2v) is 2.94. The highest BCUT2D eigenvalue weighted by Gasteiger charge is 1.99. The molecule has 15 heavy (non-hydrogen) atoms. The smallest absolute Gasteiger partial charge is 0.0201 e. The van der Waals surface area contributed by atoms with Gasteiger partial charge in [-0.05, 0) is 43.0 Å². The van der Waals surface area contributed by atoms with Crippen LogP contribution in [0.3, 0.4) is 0 Å². The monoisotopic (exact) mass is 206 g/mol. The van der Waals surface area contributed by atoms with Crippen molar-refractivity contribution in [1.29, 1.82) is 0 Å². The molecule has 0 saturated heterocycles. The molecule has 0 heterocycles. The molecule has 0 heteroatoms. The van der Waals surface area contributed by atoms with E-state index in [0.29, 0.717) is 0 Å². The number of hydrogen-bond acceptors (Lipinski definition) is 0. The summed E-state index contributed by atoms with van der Waals surface area (Å²) in [5.74, 6) is 0. The normalized spacial score (nSPS) is 7.93. The first-order valence-electron chi connectivity index (χ1n) is 5.86. The molecule has 0 spiro atoms. The SMILES string of the molecule is C=Cc1c(C)ccc(C)c1C.CC.CC. The Morgan fingerprint density at radius 2 is 1.27 bits per heavy atom. The Balaban J connectivity index is 0. The van der Waals surface area contributed by atoms with Crippen molar-refractivity contribution in [2.24, 2.45) is 0 Å². The van der Waals surface area contributed by atoms with Crippen LogP contribution in [0.2, 0.25) is 0 Å². The van der Waals surface area contributed by atoms with Gasteiger partial charge in [0.1, 0.15) is 0 Å². The molecule has 1 rings (SSSR count). The summed E-state index contributed by atoms with van der Waals surface area (Å²) in [5, 5.41) is 0. The molecular formula is C15H26. The molecule has 86 valence electrons. The predicted molar refractivity (Wildman–Crippen MR) is 73.4 cm³/mol. The van der Waals surface area contributed by atoms with Crippen molar-refractivity contribution in [3.8, 4) is 0 Å². The second-order valence-electron chi connectivity index (χ2n) is 2.94. The van der Waals surface area contributed by atoms with Gasteiger partial charge in [0.25, 0.3) is 0 Å². The summed E-state index contributed by atoms with van der Waals surface area (Å²) in [4.78, 5) is 0. The minimum absolute atomic E-state index is 1.28. The quantitative estimate of drug-likeness (QED) is 0.584.